The van der Waals surface area contributed by atoms with Gasteiger partial charge in [-0.2, -0.15) is 0 Å². The van der Waals surface area contributed by atoms with Gasteiger partial charge in [0.15, 0.2) is 0 Å². The summed E-state index contributed by atoms with van der Waals surface area (Å²) in [4.78, 5) is 13.7. The Hall–Kier alpha value is -0.970. The zero-order chi connectivity index (χ0) is 13.5. The minimum atomic E-state index is -0.353. The molecule has 2 aliphatic rings. The Bertz CT molecular complexity index is 515. The van der Waals surface area contributed by atoms with Gasteiger partial charge in [0.1, 0.15) is 5.60 Å². The highest BCUT2D eigenvalue weighted by atomic mass is 35.5. The van der Waals surface area contributed by atoms with Crippen LogP contribution in [0.5, 0.6) is 0 Å². The highest BCUT2D eigenvalue weighted by Gasteiger charge is 2.46. The Morgan fingerprint density at radius 2 is 1.95 bits per heavy atom. The lowest BCUT2D eigenvalue weighted by molar-refractivity contribution is 0.0316. The number of rotatable bonds is 1. The zero-order valence-corrected chi connectivity index (χ0v) is 11.8. The number of anilines is 1. The molecule has 1 aromatic rings. The van der Waals surface area contributed by atoms with Gasteiger partial charge in [0, 0.05) is 18.5 Å². The highest BCUT2D eigenvalue weighted by Crippen LogP contribution is 2.36. The normalized spacial score (nSPS) is 21.8. The van der Waals surface area contributed by atoms with Crippen molar-refractivity contribution >= 4 is 35.0 Å². The van der Waals surface area contributed by atoms with Gasteiger partial charge in [0.2, 0.25) is 0 Å². The van der Waals surface area contributed by atoms with Gasteiger partial charge in [-0.25, -0.2) is 4.79 Å². The molecule has 4 nitrogen and oxygen atoms in total. The van der Waals surface area contributed by atoms with Crippen LogP contribution in [0.4, 0.5) is 10.5 Å². The smallest absolute Gasteiger partial charge is 0.415 e. The van der Waals surface area contributed by atoms with Crippen molar-refractivity contribution < 1.29 is 9.53 Å². The van der Waals surface area contributed by atoms with E-state index in [2.05, 4.69) is 5.32 Å². The maximum absolute atomic E-state index is 12.1. The molecule has 2 aliphatic heterocycles. The standard InChI is InChI=1S/C13H14Cl2N2O2/c14-10-2-1-9(7-11(10)15)17-8-13(19-12(17)18)3-5-16-6-4-13/h1-2,7,16H,3-6,8H2. The molecular formula is C13H14Cl2N2O2. The summed E-state index contributed by atoms with van der Waals surface area (Å²) in [6, 6.07) is 5.18. The first kappa shape index (κ1) is 13.0. The minimum Gasteiger partial charge on any atom is -0.441 e. The Balaban J connectivity index is 1.85. The lowest BCUT2D eigenvalue weighted by atomic mass is 9.92. The zero-order valence-electron chi connectivity index (χ0n) is 10.3. The number of nitrogens with one attached hydrogen (secondary N) is 1. The molecule has 0 aromatic heterocycles. The number of carbonyl (C=O) groups is 1. The molecule has 1 N–H and O–H groups in total. The molecule has 2 saturated heterocycles. The summed E-state index contributed by atoms with van der Waals surface area (Å²) in [6.45, 7) is 2.33. The molecule has 102 valence electrons. The van der Waals surface area contributed by atoms with Gasteiger partial charge in [-0.1, -0.05) is 23.2 Å². The fourth-order valence-corrected chi connectivity index (χ4v) is 2.91. The van der Waals surface area contributed by atoms with E-state index in [1.165, 1.54) is 0 Å². The summed E-state index contributed by atoms with van der Waals surface area (Å²) in [5.74, 6) is 0. The third kappa shape index (κ3) is 2.40. The molecule has 1 spiro atoms. The van der Waals surface area contributed by atoms with Crippen molar-refractivity contribution in [1.29, 1.82) is 0 Å². The number of benzene rings is 1. The van der Waals surface area contributed by atoms with Crippen LogP contribution in [0.2, 0.25) is 10.0 Å². The predicted molar refractivity (Wildman–Crippen MR) is 75.1 cm³/mol. The monoisotopic (exact) mass is 300 g/mol. The van der Waals surface area contributed by atoms with E-state index in [0.717, 1.165) is 31.6 Å². The average molecular weight is 301 g/mol. The summed E-state index contributed by atoms with van der Waals surface area (Å²) in [7, 11) is 0. The van der Waals surface area contributed by atoms with Gasteiger partial charge >= 0.3 is 6.09 Å². The third-order valence-electron chi connectivity index (χ3n) is 3.70. The minimum absolute atomic E-state index is 0.305. The van der Waals surface area contributed by atoms with Crippen LogP contribution < -0.4 is 10.2 Å². The van der Waals surface area contributed by atoms with Crippen LogP contribution in [0.25, 0.3) is 0 Å². The fourth-order valence-electron chi connectivity index (χ4n) is 2.62. The molecule has 0 radical (unpaired) electrons. The Labute approximate surface area is 121 Å². The van der Waals surface area contributed by atoms with E-state index in [-0.39, 0.29) is 11.7 Å². The molecule has 1 aromatic carbocycles. The van der Waals surface area contributed by atoms with Gasteiger partial charge in [0.25, 0.3) is 0 Å². The van der Waals surface area contributed by atoms with E-state index in [4.69, 9.17) is 27.9 Å². The molecule has 1 amide bonds. The number of nitrogens with zero attached hydrogens (tertiary/aromatic N) is 1. The van der Waals surface area contributed by atoms with Crippen molar-refractivity contribution in [3.8, 4) is 0 Å². The second-order valence-corrected chi connectivity index (χ2v) is 5.80. The van der Waals surface area contributed by atoms with E-state index in [1.54, 1.807) is 23.1 Å². The number of piperidine rings is 1. The fraction of sp³-hybridized carbons (Fsp3) is 0.462. The maximum atomic E-state index is 12.1. The van der Waals surface area contributed by atoms with E-state index >= 15 is 0 Å². The van der Waals surface area contributed by atoms with Crippen molar-refractivity contribution in [2.45, 2.75) is 18.4 Å². The molecule has 2 heterocycles. The SMILES string of the molecule is O=C1OC2(CCNCC2)CN1c1ccc(Cl)c(Cl)c1. The predicted octanol–water partition coefficient (Wildman–Crippen LogP) is 3.07. The van der Waals surface area contributed by atoms with E-state index in [1.807, 2.05) is 0 Å². The van der Waals surface area contributed by atoms with Gasteiger partial charge < -0.3 is 10.1 Å². The van der Waals surface area contributed by atoms with Gasteiger partial charge in [-0.05, 0) is 31.3 Å². The number of carbonyl (C=O) groups excluding carboxylic acids is 1. The number of halogens is 2. The van der Waals surface area contributed by atoms with Crippen LogP contribution in [0, 0.1) is 0 Å². The molecule has 0 unspecified atom stereocenters. The van der Waals surface area contributed by atoms with Crippen molar-refractivity contribution in [3.63, 3.8) is 0 Å². The highest BCUT2D eigenvalue weighted by molar-refractivity contribution is 6.42. The van der Waals surface area contributed by atoms with Crippen LogP contribution in [0.15, 0.2) is 18.2 Å². The van der Waals surface area contributed by atoms with E-state index < -0.39 is 0 Å². The topological polar surface area (TPSA) is 41.6 Å². The van der Waals surface area contributed by atoms with Crippen LogP contribution >= 0.6 is 23.2 Å². The molecule has 0 saturated carbocycles. The first-order valence-electron chi connectivity index (χ1n) is 6.26. The van der Waals surface area contributed by atoms with Crippen molar-refractivity contribution in [2.75, 3.05) is 24.5 Å². The second kappa shape index (κ2) is 4.85. The van der Waals surface area contributed by atoms with E-state index in [0.29, 0.717) is 16.6 Å². The van der Waals surface area contributed by atoms with Crippen LogP contribution in [0.3, 0.4) is 0 Å². The quantitative estimate of drug-likeness (QED) is 0.866. The summed E-state index contributed by atoms with van der Waals surface area (Å²) in [5, 5.41) is 4.20. The maximum Gasteiger partial charge on any atom is 0.415 e. The molecule has 0 aliphatic carbocycles. The second-order valence-electron chi connectivity index (χ2n) is 4.99. The van der Waals surface area contributed by atoms with Gasteiger partial charge in [-0.3, -0.25) is 4.90 Å². The summed E-state index contributed by atoms with van der Waals surface area (Å²) in [6.07, 6.45) is 1.38. The number of hydrogen-bond donors (Lipinski definition) is 1. The lowest BCUT2D eigenvalue weighted by Gasteiger charge is -2.31. The molecule has 6 heteroatoms. The summed E-state index contributed by atoms with van der Waals surface area (Å²) < 4.78 is 5.60. The number of amides is 1. The van der Waals surface area contributed by atoms with Gasteiger partial charge in [-0.15, -0.1) is 0 Å². The van der Waals surface area contributed by atoms with Crippen molar-refractivity contribution in [1.82, 2.24) is 5.32 Å². The molecule has 0 atom stereocenters. The Morgan fingerprint density at radius 1 is 1.21 bits per heavy atom. The summed E-state index contributed by atoms with van der Waals surface area (Å²) >= 11 is 11.9. The Kier molecular flexibility index (Phi) is 3.33. The van der Waals surface area contributed by atoms with Crippen LogP contribution in [-0.4, -0.2) is 31.3 Å². The van der Waals surface area contributed by atoms with Crippen LogP contribution in [-0.2, 0) is 4.74 Å². The summed E-state index contributed by atoms with van der Waals surface area (Å²) in [5.41, 5.74) is 0.379. The molecule has 19 heavy (non-hydrogen) atoms. The number of ether oxygens (including phenoxy) is 1. The molecule has 0 bridgehead atoms. The third-order valence-corrected chi connectivity index (χ3v) is 4.44. The molecule has 3 rings (SSSR count). The van der Waals surface area contributed by atoms with Crippen LogP contribution in [0.1, 0.15) is 12.8 Å². The van der Waals surface area contributed by atoms with Crippen molar-refractivity contribution in [3.05, 3.63) is 28.2 Å². The molecular weight excluding hydrogens is 287 g/mol. The number of hydrogen-bond acceptors (Lipinski definition) is 3. The molecule has 2 fully saturated rings. The first-order chi connectivity index (χ1) is 9.10. The lowest BCUT2D eigenvalue weighted by Crippen LogP contribution is -2.44. The van der Waals surface area contributed by atoms with Crippen molar-refractivity contribution in [2.24, 2.45) is 0 Å². The van der Waals surface area contributed by atoms with E-state index in [9.17, 15) is 4.79 Å². The Morgan fingerprint density at radius 3 is 2.63 bits per heavy atom. The average Bonchev–Trinajstić information content (AvgIpc) is 2.70. The largest absolute Gasteiger partial charge is 0.441 e. The first-order valence-corrected chi connectivity index (χ1v) is 7.02. The van der Waals surface area contributed by atoms with Gasteiger partial charge in [0.05, 0.1) is 16.6 Å².